The lowest BCUT2D eigenvalue weighted by molar-refractivity contribution is -0.133. The predicted molar refractivity (Wildman–Crippen MR) is 113 cm³/mol. The zero-order chi connectivity index (χ0) is 20.1. The van der Waals surface area contributed by atoms with E-state index in [-0.39, 0.29) is 11.8 Å². The Morgan fingerprint density at radius 2 is 2.17 bits per heavy atom. The smallest absolute Gasteiger partial charge is 0.226 e. The van der Waals surface area contributed by atoms with Crippen LogP contribution < -0.4 is 4.74 Å². The molecule has 2 aromatic rings. The molecule has 1 amide bonds. The number of amides is 1. The van der Waals surface area contributed by atoms with Crippen molar-refractivity contribution in [1.82, 2.24) is 14.8 Å². The zero-order valence-electron chi connectivity index (χ0n) is 17.0. The lowest BCUT2D eigenvalue weighted by atomic mass is 10.2. The second-order valence-corrected chi connectivity index (χ2v) is 8.77. The number of thiazole rings is 1. The molecule has 0 radical (unpaired) electrons. The summed E-state index contributed by atoms with van der Waals surface area (Å²) in [5.74, 6) is 1.36. The van der Waals surface area contributed by atoms with Gasteiger partial charge in [-0.2, -0.15) is 0 Å². The van der Waals surface area contributed by atoms with Crippen molar-refractivity contribution in [3.63, 3.8) is 0 Å². The zero-order valence-corrected chi connectivity index (χ0v) is 17.8. The third-order valence-electron chi connectivity index (χ3n) is 5.33. The fourth-order valence-corrected chi connectivity index (χ4v) is 4.17. The highest BCUT2D eigenvalue weighted by atomic mass is 32.1. The summed E-state index contributed by atoms with van der Waals surface area (Å²) in [5, 5.41) is 2.99. The van der Waals surface area contributed by atoms with E-state index in [1.807, 2.05) is 23.1 Å². The number of benzene rings is 1. The summed E-state index contributed by atoms with van der Waals surface area (Å²) in [7, 11) is 0. The highest BCUT2D eigenvalue weighted by Crippen LogP contribution is 2.31. The number of nitrogens with zero attached hydrogens (tertiary/aromatic N) is 3. The van der Waals surface area contributed by atoms with Gasteiger partial charge in [0.2, 0.25) is 5.91 Å². The maximum Gasteiger partial charge on any atom is 0.226 e. The third-order valence-corrected chi connectivity index (χ3v) is 6.20. The predicted octanol–water partition coefficient (Wildman–Crippen LogP) is 3.10. The Morgan fingerprint density at radius 3 is 2.93 bits per heavy atom. The van der Waals surface area contributed by atoms with E-state index in [1.54, 1.807) is 11.3 Å². The van der Waals surface area contributed by atoms with E-state index < -0.39 is 0 Å². The third kappa shape index (κ3) is 6.01. The molecule has 2 heterocycles. The fraction of sp³-hybridized carbons (Fsp3) is 0.545. The van der Waals surface area contributed by atoms with E-state index in [9.17, 15) is 4.79 Å². The van der Waals surface area contributed by atoms with E-state index >= 15 is 0 Å². The van der Waals surface area contributed by atoms with Crippen molar-refractivity contribution in [2.75, 3.05) is 39.4 Å². The maximum atomic E-state index is 12.8. The van der Waals surface area contributed by atoms with Crippen LogP contribution in [-0.2, 0) is 22.7 Å². The lowest BCUT2D eigenvalue weighted by Crippen LogP contribution is -2.43. The monoisotopic (exact) mass is 415 g/mol. The first-order valence-electron chi connectivity index (χ1n) is 10.4. The van der Waals surface area contributed by atoms with Crippen molar-refractivity contribution in [2.45, 2.75) is 32.9 Å². The molecule has 0 N–H and O–H groups in total. The quantitative estimate of drug-likeness (QED) is 0.630. The van der Waals surface area contributed by atoms with Crippen LogP contribution in [0.1, 0.15) is 29.1 Å². The molecule has 156 valence electrons. The van der Waals surface area contributed by atoms with Crippen molar-refractivity contribution in [3.8, 4) is 5.75 Å². The van der Waals surface area contributed by atoms with E-state index in [4.69, 9.17) is 14.5 Å². The van der Waals surface area contributed by atoms with Gasteiger partial charge in [0.25, 0.3) is 0 Å². The lowest BCUT2D eigenvalue weighted by Gasteiger charge is -2.30. The summed E-state index contributed by atoms with van der Waals surface area (Å²) in [5.41, 5.74) is 2.13. The van der Waals surface area contributed by atoms with Gasteiger partial charge < -0.3 is 14.4 Å². The van der Waals surface area contributed by atoms with Crippen LogP contribution in [0.4, 0.5) is 0 Å². The van der Waals surface area contributed by atoms with Crippen LogP contribution in [0, 0.1) is 12.8 Å². The second kappa shape index (κ2) is 9.69. The molecule has 0 bridgehead atoms. The first-order chi connectivity index (χ1) is 14.2. The van der Waals surface area contributed by atoms with Crippen LogP contribution >= 0.6 is 11.3 Å². The van der Waals surface area contributed by atoms with Gasteiger partial charge in [-0.25, -0.2) is 4.98 Å². The molecule has 0 spiro atoms. The number of hydrogen-bond donors (Lipinski definition) is 0. The molecule has 2 fully saturated rings. The standard InChI is InChI=1S/C22H29N3O3S/c1-17-3-2-4-20(13-17)28-15-21-23-19(16-29-21)14-25(22(26)18-5-6-18)8-7-24-9-11-27-12-10-24/h2-4,13,16,18H,5-12,14-15H2,1H3. The van der Waals surface area contributed by atoms with Gasteiger partial charge in [-0.15, -0.1) is 11.3 Å². The number of morpholine rings is 1. The van der Waals surface area contributed by atoms with Gasteiger partial charge in [0.1, 0.15) is 17.4 Å². The van der Waals surface area contributed by atoms with E-state index in [0.717, 1.165) is 68.7 Å². The Balaban J connectivity index is 1.32. The topological polar surface area (TPSA) is 54.9 Å². The van der Waals surface area contributed by atoms with Gasteiger partial charge in [-0.1, -0.05) is 12.1 Å². The van der Waals surface area contributed by atoms with Crippen LogP contribution in [0.5, 0.6) is 5.75 Å². The van der Waals surface area contributed by atoms with E-state index in [2.05, 4.69) is 23.3 Å². The summed E-state index contributed by atoms with van der Waals surface area (Å²) < 4.78 is 11.3. The summed E-state index contributed by atoms with van der Waals surface area (Å²) in [4.78, 5) is 21.8. The van der Waals surface area contributed by atoms with Gasteiger partial charge in [0.05, 0.1) is 25.5 Å². The molecule has 6 nitrogen and oxygen atoms in total. The van der Waals surface area contributed by atoms with Gasteiger partial charge in [-0.3, -0.25) is 9.69 Å². The molecule has 4 rings (SSSR count). The van der Waals surface area contributed by atoms with Gasteiger partial charge >= 0.3 is 0 Å². The van der Waals surface area contributed by atoms with Crippen LogP contribution in [0.15, 0.2) is 29.6 Å². The highest BCUT2D eigenvalue weighted by molar-refractivity contribution is 7.09. The molecule has 0 unspecified atom stereocenters. The molecule has 1 saturated carbocycles. The average molecular weight is 416 g/mol. The summed E-state index contributed by atoms with van der Waals surface area (Å²) in [6, 6.07) is 8.03. The molecular weight excluding hydrogens is 386 g/mol. The minimum atomic E-state index is 0.224. The molecule has 1 saturated heterocycles. The van der Waals surface area contributed by atoms with Crippen LogP contribution in [0.2, 0.25) is 0 Å². The molecule has 2 aliphatic rings. The van der Waals surface area contributed by atoms with Crippen molar-refractivity contribution >= 4 is 17.2 Å². The van der Waals surface area contributed by atoms with Crippen molar-refractivity contribution in [2.24, 2.45) is 5.92 Å². The number of aryl methyl sites for hydroxylation is 1. The summed E-state index contributed by atoms with van der Waals surface area (Å²) in [6.45, 7) is 8.21. The maximum absolute atomic E-state index is 12.8. The fourth-order valence-electron chi connectivity index (χ4n) is 3.48. The van der Waals surface area contributed by atoms with E-state index in [0.29, 0.717) is 13.2 Å². The van der Waals surface area contributed by atoms with Gasteiger partial charge in [0, 0.05) is 37.5 Å². The number of carbonyl (C=O) groups is 1. The van der Waals surface area contributed by atoms with Gasteiger partial charge in [-0.05, 0) is 37.5 Å². The Morgan fingerprint density at radius 1 is 1.34 bits per heavy atom. The van der Waals surface area contributed by atoms with Gasteiger partial charge in [0.15, 0.2) is 0 Å². The largest absolute Gasteiger partial charge is 0.486 e. The molecule has 1 aromatic heterocycles. The van der Waals surface area contributed by atoms with Crippen molar-refractivity contribution < 1.29 is 14.3 Å². The Labute approximate surface area is 176 Å². The summed E-state index contributed by atoms with van der Waals surface area (Å²) >= 11 is 1.60. The number of ether oxygens (including phenoxy) is 2. The van der Waals surface area contributed by atoms with Crippen molar-refractivity contribution in [3.05, 3.63) is 45.9 Å². The first-order valence-corrected chi connectivity index (χ1v) is 11.3. The minimum Gasteiger partial charge on any atom is -0.486 e. The highest BCUT2D eigenvalue weighted by Gasteiger charge is 2.33. The molecule has 7 heteroatoms. The molecule has 1 aliphatic heterocycles. The normalized spacial score (nSPS) is 17.3. The minimum absolute atomic E-state index is 0.224. The molecule has 29 heavy (non-hydrogen) atoms. The van der Waals surface area contributed by atoms with Crippen LogP contribution in [-0.4, -0.2) is 60.1 Å². The Hall–Kier alpha value is -1.96. The van der Waals surface area contributed by atoms with E-state index in [1.165, 1.54) is 5.56 Å². The second-order valence-electron chi connectivity index (χ2n) is 7.83. The first kappa shape index (κ1) is 20.3. The van der Waals surface area contributed by atoms with Crippen LogP contribution in [0.25, 0.3) is 0 Å². The number of carbonyl (C=O) groups excluding carboxylic acids is 1. The number of hydrogen-bond acceptors (Lipinski definition) is 6. The Kier molecular flexibility index (Phi) is 6.79. The molecule has 1 aliphatic carbocycles. The Bertz CT molecular complexity index is 815. The molecular formula is C22H29N3O3S. The SMILES string of the molecule is Cc1cccc(OCc2nc(CN(CCN3CCOCC3)C(=O)C3CC3)cs2)c1. The molecule has 0 atom stereocenters. The summed E-state index contributed by atoms with van der Waals surface area (Å²) in [6.07, 6.45) is 2.05. The molecule has 1 aromatic carbocycles. The number of aromatic nitrogens is 1. The number of rotatable bonds is 9. The van der Waals surface area contributed by atoms with Crippen LogP contribution in [0.3, 0.4) is 0 Å². The van der Waals surface area contributed by atoms with Crippen molar-refractivity contribution in [1.29, 1.82) is 0 Å². The average Bonchev–Trinajstić information content (AvgIpc) is 3.49.